The summed E-state index contributed by atoms with van der Waals surface area (Å²) in [5.41, 5.74) is -2.34. The van der Waals surface area contributed by atoms with Crippen molar-refractivity contribution < 1.29 is 42.4 Å². The molecule has 0 aliphatic carbocycles. The van der Waals surface area contributed by atoms with Gasteiger partial charge in [0.15, 0.2) is 13.5 Å². The first-order chi connectivity index (χ1) is 13.9. The first-order valence-electron chi connectivity index (χ1n) is 8.35. The second kappa shape index (κ2) is 13.5. The van der Waals surface area contributed by atoms with E-state index in [0.717, 1.165) is 0 Å². The Balaban J connectivity index is 2.65. The highest BCUT2D eigenvalue weighted by molar-refractivity contribution is 5.70. The summed E-state index contributed by atoms with van der Waals surface area (Å²) in [5.74, 6) is -2.99. The molecule has 1 aromatic rings. The Bertz CT molecular complexity index is 776. The molecule has 0 unspecified atom stereocenters. The van der Waals surface area contributed by atoms with Gasteiger partial charge in [0.1, 0.15) is 13.2 Å². The van der Waals surface area contributed by atoms with Crippen LogP contribution in [0.4, 0.5) is 4.39 Å². The molecule has 0 aliphatic heterocycles. The molecule has 1 aromatic heterocycles. The van der Waals surface area contributed by atoms with E-state index in [1.165, 1.54) is 14.2 Å². The summed E-state index contributed by atoms with van der Waals surface area (Å²) < 4.78 is 43.6. The number of carbonyl (C=O) groups excluding carboxylic acids is 2. The lowest BCUT2D eigenvalue weighted by Gasteiger charge is -2.12. The number of rotatable bonds is 14. The number of hydrogen-bond acceptors (Lipinski definition) is 10. The van der Waals surface area contributed by atoms with Gasteiger partial charge < -0.3 is 28.4 Å². The van der Waals surface area contributed by atoms with Crippen LogP contribution in [0.2, 0.25) is 0 Å². The number of hydrogen-bond donors (Lipinski definition) is 0. The molecule has 0 spiro atoms. The molecule has 0 N–H and O–H groups in total. The van der Waals surface area contributed by atoms with Gasteiger partial charge in [-0.05, 0) is 0 Å². The van der Waals surface area contributed by atoms with Crippen LogP contribution in [0.25, 0.3) is 0 Å². The third-order valence-corrected chi connectivity index (χ3v) is 3.22. The molecule has 0 saturated carbocycles. The second-order valence-electron chi connectivity index (χ2n) is 5.34. The van der Waals surface area contributed by atoms with Gasteiger partial charge in [-0.15, -0.1) is 0 Å². The molecule has 0 aliphatic rings. The number of aromatic nitrogens is 2. The van der Waals surface area contributed by atoms with Gasteiger partial charge >= 0.3 is 17.6 Å². The highest BCUT2D eigenvalue weighted by Crippen LogP contribution is 1.92. The van der Waals surface area contributed by atoms with Crippen molar-refractivity contribution in [1.82, 2.24) is 9.13 Å². The molecule has 1 rings (SSSR count). The van der Waals surface area contributed by atoms with E-state index in [0.29, 0.717) is 15.3 Å². The largest absolute Gasteiger partial charge is 0.442 e. The van der Waals surface area contributed by atoms with Crippen molar-refractivity contribution >= 4 is 11.9 Å². The summed E-state index contributed by atoms with van der Waals surface area (Å²) >= 11 is 0. The van der Waals surface area contributed by atoms with E-state index >= 15 is 0 Å². The van der Waals surface area contributed by atoms with E-state index in [4.69, 9.17) is 28.4 Å². The minimum Gasteiger partial charge on any atom is -0.442 e. The first-order valence-corrected chi connectivity index (χ1v) is 8.35. The molecule has 13 heteroatoms. The van der Waals surface area contributed by atoms with Crippen LogP contribution in [0, 0.1) is 5.82 Å². The van der Waals surface area contributed by atoms with Crippen molar-refractivity contribution in [2.24, 2.45) is 0 Å². The van der Waals surface area contributed by atoms with E-state index < -0.39 is 55.7 Å². The SMILES string of the molecule is COCCOCC(=O)OCn1cc(F)c(=O)n(COC(=O)COCCOC)c1=O. The standard InChI is InChI=1S/C16H23FN2O10/c1-24-3-5-26-8-13(20)28-10-18-7-12(17)15(22)19(16(18)23)11-29-14(21)9-27-6-4-25-2/h7H,3-6,8-11H2,1-2H3. The minimum atomic E-state index is -1.30. The monoisotopic (exact) mass is 422 g/mol. The highest BCUT2D eigenvalue weighted by Gasteiger charge is 2.14. The molecule has 0 amide bonds. The molecule has 0 radical (unpaired) electrons. The third kappa shape index (κ3) is 8.95. The Hall–Kier alpha value is -2.61. The Morgan fingerprint density at radius 3 is 1.93 bits per heavy atom. The molecule has 0 saturated heterocycles. The summed E-state index contributed by atoms with van der Waals surface area (Å²) in [4.78, 5) is 47.1. The maximum absolute atomic E-state index is 13.8. The van der Waals surface area contributed by atoms with Crippen molar-refractivity contribution in [1.29, 1.82) is 0 Å². The molecule has 164 valence electrons. The van der Waals surface area contributed by atoms with E-state index in [1.807, 2.05) is 0 Å². The van der Waals surface area contributed by atoms with E-state index in [2.05, 4.69) is 0 Å². The molecule has 0 atom stereocenters. The normalized spacial score (nSPS) is 10.7. The van der Waals surface area contributed by atoms with E-state index in [9.17, 15) is 23.6 Å². The number of ether oxygens (including phenoxy) is 6. The fourth-order valence-corrected chi connectivity index (χ4v) is 1.78. The predicted molar refractivity (Wildman–Crippen MR) is 92.5 cm³/mol. The maximum Gasteiger partial charge on any atom is 0.336 e. The number of esters is 2. The summed E-state index contributed by atoms with van der Waals surface area (Å²) in [6, 6.07) is 0. The van der Waals surface area contributed by atoms with Gasteiger partial charge in [0.25, 0.3) is 5.56 Å². The molecular weight excluding hydrogens is 399 g/mol. The van der Waals surface area contributed by atoms with Crippen LogP contribution in [0.15, 0.2) is 15.8 Å². The summed E-state index contributed by atoms with van der Waals surface area (Å²) in [6.45, 7) is -1.52. The zero-order chi connectivity index (χ0) is 21.6. The van der Waals surface area contributed by atoms with Crippen LogP contribution in [0.3, 0.4) is 0 Å². The minimum absolute atomic E-state index is 0.138. The van der Waals surface area contributed by atoms with E-state index in [-0.39, 0.29) is 26.4 Å². The van der Waals surface area contributed by atoms with Crippen LogP contribution in [-0.2, 0) is 51.5 Å². The molecular formula is C16H23FN2O10. The predicted octanol–water partition coefficient (Wildman–Crippen LogP) is -1.52. The molecule has 0 bridgehead atoms. The zero-order valence-corrected chi connectivity index (χ0v) is 16.1. The smallest absolute Gasteiger partial charge is 0.336 e. The van der Waals surface area contributed by atoms with Crippen molar-refractivity contribution in [3.05, 3.63) is 32.9 Å². The summed E-state index contributed by atoms with van der Waals surface area (Å²) in [5, 5.41) is 0. The Kier molecular flexibility index (Phi) is 11.4. The van der Waals surface area contributed by atoms with Gasteiger partial charge in [0, 0.05) is 14.2 Å². The fourth-order valence-electron chi connectivity index (χ4n) is 1.78. The van der Waals surface area contributed by atoms with Gasteiger partial charge in [-0.1, -0.05) is 0 Å². The average Bonchev–Trinajstić information content (AvgIpc) is 2.70. The lowest BCUT2D eigenvalue weighted by molar-refractivity contribution is -0.153. The topological polar surface area (TPSA) is 134 Å². The van der Waals surface area contributed by atoms with E-state index in [1.54, 1.807) is 0 Å². The molecule has 0 aromatic carbocycles. The highest BCUT2D eigenvalue weighted by atomic mass is 19.1. The average molecular weight is 422 g/mol. The summed E-state index contributed by atoms with van der Waals surface area (Å²) in [6.07, 6.45) is 0.579. The van der Waals surface area contributed by atoms with Gasteiger partial charge in [-0.25, -0.2) is 19.0 Å². The maximum atomic E-state index is 13.8. The van der Waals surface area contributed by atoms with Crippen LogP contribution in [0.1, 0.15) is 0 Å². The number of methoxy groups -OCH3 is 2. The quantitative estimate of drug-likeness (QED) is 0.257. The lowest BCUT2D eigenvalue weighted by Crippen LogP contribution is -2.42. The van der Waals surface area contributed by atoms with Crippen molar-refractivity contribution in [2.75, 3.05) is 53.9 Å². The number of halogens is 1. The Morgan fingerprint density at radius 2 is 1.41 bits per heavy atom. The molecule has 0 fully saturated rings. The summed E-state index contributed by atoms with van der Waals surface area (Å²) in [7, 11) is 2.91. The zero-order valence-electron chi connectivity index (χ0n) is 16.1. The second-order valence-corrected chi connectivity index (χ2v) is 5.34. The van der Waals surface area contributed by atoms with Crippen LogP contribution in [0.5, 0.6) is 0 Å². The number of carbonyl (C=O) groups is 2. The van der Waals surface area contributed by atoms with Gasteiger partial charge in [-0.2, -0.15) is 4.39 Å². The van der Waals surface area contributed by atoms with Crippen LogP contribution < -0.4 is 11.2 Å². The molecule has 29 heavy (non-hydrogen) atoms. The first kappa shape index (κ1) is 24.4. The Morgan fingerprint density at radius 1 is 0.897 bits per heavy atom. The van der Waals surface area contributed by atoms with Crippen molar-refractivity contribution in [2.45, 2.75) is 13.5 Å². The van der Waals surface area contributed by atoms with Crippen molar-refractivity contribution in [3.63, 3.8) is 0 Å². The molecule has 1 heterocycles. The number of nitrogens with zero attached hydrogens (tertiary/aromatic N) is 2. The van der Waals surface area contributed by atoms with Crippen LogP contribution >= 0.6 is 0 Å². The Labute approximate surface area is 164 Å². The van der Waals surface area contributed by atoms with Crippen LogP contribution in [-0.4, -0.2) is 74.9 Å². The molecule has 12 nitrogen and oxygen atoms in total. The lowest BCUT2D eigenvalue weighted by atomic mass is 10.6. The van der Waals surface area contributed by atoms with Gasteiger partial charge in [0.05, 0.1) is 32.6 Å². The third-order valence-electron chi connectivity index (χ3n) is 3.22. The fraction of sp³-hybridized carbons (Fsp3) is 0.625. The van der Waals surface area contributed by atoms with Crippen molar-refractivity contribution in [3.8, 4) is 0 Å². The van der Waals surface area contributed by atoms with Gasteiger partial charge in [-0.3, -0.25) is 9.36 Å². The van der Waals surface area contributed by atoms with Gasteiger partial charge in [0.2, 0.25) is 5.82 Å².